The molecule has 0 bridgehead atoms. The molecule has 4 aromatic rings. The number of hydrogen-bond acceptors (Lipinski definition) is 15. The fourth-order valence-corrected chi connectivity index (χ4v) is 7.76. The Bertz CT molecular complexity index is 1800. The number of nitrogens with one attached hydrogen (secondary N) is 1. The molecule has 6 heterocycles. The number of nitrogens with two attached hydrogens (primary N) is 2. The van der Waals surface area contributed by atoms with E-state index in [4.69, 9.17) is 41.6 Å². The smallest absolute Gasteiger partial charge is 0.325 e. The summed E-state index contributed by atoms with van der Waals surface area (Å²) in [5.74, 6) is -0.205. The number of aromatic amines is 1. The Morgan fingerprint density at radius 3 is 2.60 bits per heavy atom. The number of alkyl halides is 2. The van der Waals surface area contributed by atoms with E-state index in [2.05, 4.69) is 37.2 Å². The standard InChI is InChI=1S/C21H24F2N9O7PS2.HOPS/c22-10-9(3-33)42-20(32-6-28-13-17(32)29-21(25)30-18(13)35)15(10)39-40(36,41)37-4-8-14(34)11(23)19(38-8)31-5-27-12-7(24)1-2-26-16(12)31;1-2-3/h1-2,5-6,8-11,14-15,19-20,33-34H,3-4H2,(H2,24,26)(H,36,41)(H3,25,29,30,35);(H,1,3)/t8-,9-,10+,11+,14-,15-,19-,20-,40?;/m1./s1. The van der Waals surface area contributed by atoms with E-state index < -0.39 is 73.0 Å². The molecular formula is C21H25F2N9O8P2S3. The minimum atomic E-state index is -4.27. The molecule has 8 N–H and O–H groups in total. The number of fused-ring (bicyclic) bond motifs is 2. The maximum Gasteiger partial charge on any atom is 0.325 e. The molecule has 2 aliphatic heterocycles. The van der Waals surface area contributed by atoms with Gasteiger partial charge in [0.2, 0.25) is 13.6 Å². The lowest BCUT2D eigenvalue weighted by Crippen LogP contribution is -2.33. The molecule has 244 valence electrons. The molecule has 17 nitrogen and oxygen atoms in total. The first-order chi connectivity index (χ1) is 21.4. The molecule has 1 unspecified atom stereocenters. The second kappa shape index (κ2) is 13.8. The Morgan fingerprint density at radius 1 is 1.20 bits per heavy atom. The second-order valence-corrected chi connectivity index (χ2v) is 14.4. The van der Waals surface area contributed by atoms with Crippen molar-refractivity contribution < 1.29 is 42.2 Å². The first-order valence-electron chi connectivity index (χ1n) is 12.7. The molecule has 0 aromatic carbocycles. The molecule has 2 aliphatic rings. The molecule has 45 heavy (non-hydrogen) atoms. The molecule has 0 saturated carbocycles. The summed E-state index contributed by atoms with van der Waals surface area (Å²) in [7, 11) is -0.139. The van der Waals surface area contributed by atoms with Crippen LogP contribution < -0.4 is 17.0 Å². The average Bonchev–Trinajstić information content (AvgIpc) is 3.74. The number of thiol groups is 1. The van der Waals surface area contributed by atoms with Crippen molar-refractivity contribution in [3.05, 3.63) is 35.3 Å². The fourth-order valence-electron chi connectivity index (χ4n) is 4.86. The maximum atomic E-state index is 15.4. The first kappa shape index (κ1) is 34.0. The van der Waals surface area contributed by atoms with Crippen LogP contribution in [0.4, 0.5) is 20.4 Å². The minimum absolute atomic E-state index is 0.0195. The summed E-state index contributed by atoms with van der Waals surface area (Å²) in [5.41, 5.74) is 11.7. The van der Waals surface area contributed by atoms with Crippen molar-refractivity contribution in [1.82, 2.24) is 34.1 Å². The molecule has 0 spiro atoms. The number of pyridine rings is 1. The number of thioether (sulfide) groups is 1. The van der Waals surface area contributed by atoms with E-state index >= 15 is 8.78 Å². The molecular weight excluding hydrogens is 702 g/mol. The van der Waals surface area contributed by atoms with E-state index in [9.17, 15) is 19.9 Å². The molecule has 4 aromatic heterocycles. The highest BCUT2D eigenvalue weighted by Crippen LogP contribution is 2.54. The highest BCUT2D eigenvalue weighted by molar-refractivity contribution is 8.33. The molecule has 24 heteroatoms. The molecule has 0 radical (unpaired) electrons. The Morgan fingerprint density at radius 2 is 1.89 bits per heavy atom. The quantitative estimate of drug-likeness (QED) is 0.0988. The van der Waals surface area contributed by atoms with E-state index in [0.29, 0.717) is 11.2 Å². The van der Waals surface area contributed by atoms with Crippen LogP contribution in [0.1, 0.15) is 11.6 Å². The van der Waals surface area contributed by atoms with E-state index in [1.807, 2.05) is 0 Å². The van der Waals surface area contributed by atoms with Gasteiger partial charge in [0.15, 0.2) is 29.2 Å². The number of aromatic nitrogens is 7. The number of nitrogens with zero attached hydrogens (tertiary/aromatic N) is 6. The van der Waals surface area contributed by atoms with E-state index in [1.54, 1.807) is 0 Å². The van der Waals surface area contributed by atoms with Gasteiger partial charge in [0.05, 0.1) is 36.8 Å². The minimum Gasteiger partial charge on any atom is -0.397 e. The molecule has 9 atom stereocenters. The number of nitrogen functional groups attached to an aromatic ring is 2. The van der Waals surface area contributed by atoms with Crippen molar-refractivity contribution >= 4 is 84.2 Å². The van der Waals surface area contributed by atoms with Crippen molar-refractivity contribution in [3.8, 4) is 0 Å². The molecule has 2 saturated heterocycles. The monoisotopic (exact) mass is 727 g/mol. The Labute approximate surface area is 267 Å². The fraction of sp³-hybridized carbons (Fsp3) is 0.476. The predicted octanol–water partition coefficient (Wildman–Crippen LogP) is 1.01. The topological polar surface area (TPSA) is 252 Å². The number of halogens is 2. The van der Waals surface area contributed by atoms with Crippen LogP contribution in [-0.4, -0.2) is 98.3 Å². The zero-order valence-electron chi connectivity index (χ0n) is 22.5. The predicted molar refractivity (Wildman–Crippen MR) is 166 cm³/mol. The van der Waals surface area contributed by atoms with Crippen LogP contribution in [0.5, 0.6) is 0 Å². The van der Waals surface area contributed by atoms with Gasteiger partial charge in [-0.3, -0.25) is 28.0 Å². The van der Waals surface area contributed by atoms with Crippen molar-refractivity contribution in [2.24, 2.45) is 0 Å². The molecule has 0 amide bonds. The van der Waals surface area contributed by atoms with Gasteiger partial charge in [-0.05, 0) is 17.9 Å². The zero-order chi connectivity index (χ0) is 32.6. The molecule has 2 fully saturated rings. The summed E-state index contributed by atoms with van der Waals surface area (Å²) < 4.78 is 58.5. The summed E-state index contributed by atoms with van der Waals surface area (Å²) in [6.07, 6.45) is -5.72. The third-order valence-corrected chi connectivity index (χ3v) is 9.98. The summed E-state index contributed by atoms with van der Waals surface area (Å²) >= 11 is 9.26. The Hall–Kier alpha value is -2.36. The zero-order valence-corrected chi connectivity index (χ0v) is 26.8. The van der Waals surface area contributed by atoms with Gasteiger partial charge in [-0.25, -0.2) is 23.7 Å². The lowest BCUT2D eigenvalue weighted by Gasteiger charge is -2.27. The molecule has 0 aliphatic carbocycles. The summed E-state index contributed by atoms with van der Waals surface area (Å²) in [4.78, 5) is 41.7. The van der Waals surface area contributed by atoms with Gasteiger partial charge in [-0.2, -0.15) is 4.98 Å². The highest BCUT2D eigenvalue weighted by Gasteiger charge is 2.50. The first-order valence-corrected chi connectivity index (χ1v) is 18.2. The van der Waals surface area contributed by atoms with Crippen LogP contribution in [0.25, 0.3) is 22.3 Å². The van der Waals surface area contributed by atoms with Crippen LogP contribution in [0, 0.1) is 0 Å². The van der Waals surface area contributed by atoms with Crippen LogP contribution in [0.3, 0.4) is 0 Å². The van der Waals surface area contributed by atoms with Crippen LogP contribution in [0.2, 0.25) is 0 Å². The second-order valence-electron chi connectivity index (χ2n) is 9.61. The van der Waals surface area contributed by atoms with Crippen molar-refractivity contribution in [2.75, 3.05) is 24.7 Å². The van der Waals surface area contributed by atoms with Crippen molar-refractivity contribution in [2.45, 2.75) is 47.5 Å². The highest BCUT2D eigenvalue weighted by atomic mass is 32.7. The van der Waals surface area contributed by atoms with E-state index in [-0.39, 0.29) is 30.4 Å². The lowest BCUT2D eigenvalue weighted by atomic mass is 10.1. The van der Waals surface area contributed by atoms with Gasteiger partial charge >= 0.3 is 6.72 Å². The maximum absolute atomic E-state index is 15.4. The number of H-pyrrole nitrogens is 1. The number of aliphatic hydroxyl groups is 2. The number of ether oxygens (including phenoxy) is 1. The van der Waals surface area contributed by atoms with E-state index in [1.165, 1.54) is 34.1 Å². The molecule has 6 rings (SSSR count). The van der Waals surface area contributed by atoms with E-state index in [0.717, 1.165) is 11.8 Å². The number of hydrogen-bond donors (Lipinski definition) is 7. The van der Waals surface area contributed by atoms with Crippen LogP contribution in [0.15, 0.2) is 29.7 Å². The number of anilines is 2. The van der Waals surface area contributed by atoms with Gasteiger partial charge in [0.25, 0.3) is 5.56 Å². The van der Waals surface area contributed by atoms with Gasteiger partial charge in [-0.1, -0.05) is 12.2 Å². The summed E-state index contributed by atoms with van der Waals surface area (Å²) in [5, 5.41) is 18.2. The summed E-state index contributed by atoms with van der Waals surface area (Å²) in [6, 6.07) is 1.53. The van der Waals surface area contributed by atoms with Gasteiger partial charge in [-0.15, -0.1) is 11.8 Å². The third kappa shape index (κ3) is 6.72. The summed E-state index contributed by atoms with van der Waals surface area (Å²) in [6.45, 7) is -5.46. The van der Waals surface area contributed by atoms with Crippen molar-refractivity contribution in [3.63, 3.8) is 0 Å². The van der Waals surface area contributed by atoms with Crippen LogP contribution >= 0.6 is 38.4 Å². The van der Waals surface area contributed by atoms with Gasteiger partial charge in [0, 0.05) is 6.20 Å². The SMILES string of the molecule is Nc1nc2c(ncn2[C@@H]2S[C@H](CO)[C@H](F)[C@H]2OP(O)(=S)OC[C@H]2O[C@@H](n3cnc4c(N)ccnc43)[C@@H](F)[C@@H]2O)c(=O)[nH]1.O=PS. The van der Waals surface area contributed by atoms with Gasteiger partial charge < -0.3 is 35.8 Å². The number of rotatable bonds is 8. The number of imidazole rings is 2. The normalized spacial score (nSPS) is 29.6. The average molecular weight is 728 g/mol. The number of aliphatic hydroxyl groups excluding tert-OH is 2. The van der Waals surface area contributed by atoms with Crippen LogP contribution in [-0.2, 0) is 30.2 Å². The lowest BCUT2D eigenvalue weighted by molar-refractivity contribution is -0.0461. The largest absolute Gasteiger partial charge is 0.397 e. The van der Waals surface area contributed by atoms with Crippen molar-refractivity contribution in [1.29, 1.82) is 0 Å². The Kier molecular flexibility index (Phi) is 10.4. The Balaban J connectivity index is 0.00000128. The van der Waals surface area contributed by atoms with Gasteiger partial charge in [0.1, 0.15) is 35.4 Å². The third-order valence-electron chi connectivity index (χ3n) is 6.89.